The van der Waals surface area contributed by atoms with Gasteiger partial charge < -0.3 is 45.3 Å². The summed E-state index contributed by atoms with van der Waals surface area (Å²) in [5, 5.41) is 39.8. The molecule has 0 aromatic heterocycles. The fourth-order valence-corrected chi connectivity index (χ4v) is 6.93. The quantitative estimate of drug-likeness (QED) is 0.0164. The molecule has 0 radical (unpaired) electrons. The van der Waals surface area contributed by atoms with E-state index in [2.05, 4.69) is 30.5 Å². The van der Waals surface area contributed by atoms with Crippen LogP contribution in [0.15, 0.2) is 36.5 Å². The first-order chi connectivity index (χ1) is 27.8. The number of allylic oxidation sites excluding steroid dienone is 4. The summed E-state index contributed by atoms with van der Waals surface area (Å²) in [5.74, 6) is -2.98. The molecule has 16 heteroatoms. The smallest absolute Gasteiger partial charge is 0.472 e. The van der Waals surface area contributed by atoms with Crippen LogP contribution in [0.4, 0.5) is 0 Å². The van der Waals surface area contributed by atoms with Crippen molar-refractivity contribution in [2.45, 2.75) is 185 Å². The Morgan fingerprint density at radius 1 is 0.793 bits per heavy atom. The van der Waals surface area contributed by atoms with Crippen molar-refractivity contribution in [2.24, 2.45) is 11.7 Å². The summed E-state index contributed by atoms with van der Waals surface area (Å²) in [7, 11) is -4.79. The van der Waals surface area contributed by atoms with Gasteiger partial charge in [-0.15, -0.1) is 0 Å². The average molecular weight is 848 g/mol. The van der Waals surface area contributed by atoms with Crippen LogP contribution in [0.3, 0.4) is 0 Å². The lowest BCUT2D eigenvalue weighted by molar-refractivity contribution is -0.199. The fourth-order valence-electron chi connectivity index (χ4n) is 6.16. The SMILES string of the molecule is CCCCCC/C=C\CCCCCCCC(=O)OC[C@H](COP(=O)(O)OC[C@H](N)C(=O)O)OC(=O)CCC/C=C\C[C@H]1[C@@H](O)CC(O)O[C@@H]1/C=C/[C@@H](O)CCCCC. The largest absolute Gasteiger partial charge is 0.480 e. The van der Waals surface area contributed by atoms with Gasteiger partial charge in [0.2, 0.25) is 0 Å². The molecule has 8 atom stereocenters. The number of ether oxygens (including phenoxy) is 3. The fraction of sp³-hybridized carbons (Fsp3) is 0.786. The molecule has 1 aliphatic rings. The number of nitrogens with two attached hydrogens (primary N) is 1. The molecule has 336 valence electrons. The lowest BCUT2D eigenvalue weighted by Crippen LogP contribution is -2.43. The molecule has 15 nitrogen and oxygen atoms in total. The Bertz CT molecular complexity index is 1250. The van der Waals surface area contributed by atoms with Crippen LogP contribution in [0, 0.1) is 5.92 Å². The predicted molar refractivity (Wildman–Crippen MR) is 220 cm³/mol. The Labute approximate surface area is 346 Å². The number of phosphoric acid groups is 1. The number of carboxylic acids is 1. The van der Waals surface area contributed by atoms with E-state index in [1.807, 2.05) is 12.2 Å². The van der Waals surface area contributed by atoms with Gasteiger partial charge in [-0.2, -0.15) is 0 Å². The average Bonchev–Trinajstić information content (AvgIpc) is 3.17. The molecule has 0 aliphatic carbocycles. The number of hydrogen-bond donors (Lipinski definition) is 6. The van der Waals surface area contributed by atoms with Gasteiger partial charge in [0, 0.05) is 25.2 Å². The van der Waals surface area contributed by atoms with E-state index in [1.54, 1.807) is 12.2 Å². The third kappa shape index (κ3) is 28.1. The van der Waals surface area contributed by atoms with Crippen LogP contribution in [0.1, 0.15) is 149 Å². The van der Waals surface area contributed by atoms with E-state index in [0.717, 1.165) is 57.8 Å². The van der Waals surface area contributed by atoms with Crippen LogP contribution < -0.4 is 5.73 Å². The van der Waals surface area contributed by atoms with Gasteiger partial charge in [0.25, 0.3) is 0 Å². The van der Waals surface area contributed by atoms with Gasteiger partial charge in [-0.05, 0) is 57.8 Å². The third-order valence-electron chi connectivity index (χ3n) is 9.66. The van der Waals surface area contributed by atoms with Crippen LogP contribution in [-0.4, -0.2) is 99.8 Å². The van der Waals surface area contributed by atoms with Gasteiger partial charge in [-0.1, -0.05) is 108 Å². The molecule has 1 rings (SSSR count). The van der Waals surface area contributed by atoms with Gasteiger partial charge in [0.05, 0.1) is 31.5 Å². The van der Waals surface area contributed by atoms with E-state index >= 15 is 0 Å². The molecule has 1 fully saturated rings. The van der Waals surface area contributed by atoms with Gasteiger partial charge >= 0.3 is 25.7 Å². The number of carbonyl (C=O) groups is 3. The van der Waals surface area contributed by atoms with Gasteiger partial charge in [-0.25, -0.2) is 4.57 Å². The first kappa shape index (κ1) is 53.6. The predicted octanol–water partition coefficient (Wildman–Crippen LogP) is 6.94. The normalized spacial score (nSPS) is 21.3. The monoisotopic (exact) mass is 847 g/mol. The van der Waals surface area contributed by atoms with E-state index in [9.17, 15) is 39.2 Å². The molecular weight excluding hydrogens is 773 g/mol. The zero-order chi connectivity index (χ0) is 43.0. The van der Waals surface area contributed by atoms with Crippen molar-refractivity contribution < 1.29 is 67.5 Å². The lowest BCUT2D eigenvalue weighted by Gasteiger charge is -2.36. The first-order valence-electron chi connectivity index (χ1n) is 21.4. The summed E-state index contributed by atoms with van der Waals surface area (Å²) in [6.07, 6.45) is 24.0. The minimum Gasteiger partial charge on any atom is -0.480 e. The summed E-state index contributed by atoms with van der Waals surface area (Å²) in [5.41, 5.74) is 5.32. The molecule has 0 aromatic rings. The van der Waals surface area contributed by atoms with Gasteiger partial charge in [-0.3, -0.25) is 23.4 Å². The summed E-state index contributed by atoms with van der Waals surface area (Å²) >= 11 is 0. The van der Waals surface area contributed by atoms with E-state index < -0.39 is 82.3 Å². The molecule has 0 amide bonds. The van der Waals surface area contributed by atoms with E-state index in [4.69, 9.17) is 29.6 Å². The van der Waals surface area contributed by atoms with Crippen LogP contribution in [0.25, 0.3) is 0 Å². The highest BCUT2D eigenvalue weighted by atomic mass is 31.2. The van der Waals surface area contributed by atoms with Crippen LogP contribution in [0.5, 0.6) is 0 Å². The molecule has 2 unspecified atom stereocenters. The van der Waals surface area contributed by atoms with Crippen LogP contribution in [0.2, 0.25) is 0 Å². The molecular formula is C42H74NO14P. The molecule has 1 heterocycles. The van der Waals surface area contributed by atoms with Gasteiger partial charge in [0.1, 0.15) is 12.6 Å². The van der Waals surface area contributed by atoms with E-state index in [0.29, 0.717) is 32.1 Å². The Morgan fingerprint density at radius 2 is 1.38 bits per heavy atom. The Balaban J connectivity index is 2.58. The van der Waals surface area contributed by atoms with Crippen molar-refractivity contribution in [1.82, 2.24) is 0 Å². The topological polar surface area (TPSA) is 242 Å². The van der Waals surface area contributed by atoms with Crippen molar-refractivity contribution in [1.29, 1.82) is 0 Å². The third-order valence-corrected chi connectivity index (χ3v) is 10.6. The molecule has 58 heavy (non-hydrogen) atoms. The van der Waals surface area contributed by atoms with Crippen molar-refractivity contribution in [3.05, 3.63) is 36.5 Å². The maximum absolute atomic E-state index is 12.7. The summed E-state index contributed by atoms with van der Waals surface area (Å²) in [6.45, 7) is 2.38. The Hall–Kier alpha value is -2.46. The number of carboxylic acid groups (broad SMARTS) is 1. The number of aliphatic carboxylic acids is 1. The van der Waals surface area contributed by atoms with Crippen molar-refractivity contribution in [2.75, 3.05) is 19.8 Å². The van der Waals surface area contributed by atoms with Crippen LogP contribution in [-0.2, 0) is 42.2 Å². The maximum atomic E-state index is 12.7. The van der Waals surface area contributed by atoms with Crippen molar-refractivity contribution >= 4 is 25.7 Å². The van der Waals surface area contributed by atoms with Crippen LogP contribution >= 0.6 is 7.82 Å². The zero-order valence-corrected chi connectivity index (χ0v) is 35.8. The van der Waals surface area contributed by atoms with Gasteiger partial charge in [0.15, 0.2) is 12.4 Å². The van der Waals surface area contributed by atoms with Crippen molar-refractivity contribution in [3.8, 4) is 0 Å². The number of esters is 2. The number of carbonyl (C=O) groups excluding carboxylic acids is 2. The summed E-state index contributed by atoms with van der Waals surface area (Å²) in [6, 6.07) is -1.57. The number of aliphatic hydroxyl groups is 3. The highest BCUT2D eigenvalue weighted by Crippen LogP contribution is 2.43. The first-order valence-corrected chi connectivity index (χ1v) is 22.9. The molecule has 1 aliphatic heterocycles. The van der Waals surface area contributed by atoms with Crippen molar-refractivity contribution in [3.63, 3.8) is 0 Å². The Morgan fingerprint density at radius 3 is 2.07 bits per heavy atom. The Kier molecular flexibility index (Phi) is 30.7. The molecule has 0 spiro atoms. The number of aliphatic hydroxyl groups excluding tert-OH is 3. The second-order valence-corrected chi connectivity index (χ2v) is 16.5. The van der Waals surface area contributed by atoms with E-state index in [1.165, 1.54) is 25.7 Å². The molecule has 7 N–H and O–H groups in total. The number of phosphoric ester groups is 1. The molecule has 1 saturated heterocycles. The zero-order valence-electron chi connectivity index (χ0n) is 34.9. The molecule has 0 aromatic carbocycles. The summed E-state index contributed by atoms with van der Waals surface area (Å²) in [4.78, 5) is 46.1. The summed E-state index contributed by atoms with van der Waals surface area (Å²) < 4.78 is 38.3. The minimum atomic E-state index is -4.79. The maximum Gasteiger partial charge on any atom is 0.472 e. The highest BCUT2D eigenvalue weighted by molar-refractivity contribution is 7.47. The number of rotatable bonds is 35. The highest BCUT2D eigenvalue weighted by Gasteiger charge is 2.35. The standard InChI is InChI=1S/C42H74NO14P/c1-3-5-7-8-9-10-11-12-13-14-15-16-21-25-39(46)53-30-34(31-54-58(51,52)55-32-36(43)42(49)50)56-40(47)26-22-18-17-20-24-35-37(45)29-41(48)57-38(35)28-27-33(44)23-19-6-4-2/h10-11,17,20,27-28,33-38,41,44-45,48H,3-9,12-16,18-19,21-26,29-32,43H2,1-2H3,(H,49,50)(H,51,52)/b11-10-,20-17-,28-27+/t33-,34+,35-,36-,37-,38+,41?/m0/s1. The lowest BCUT2D eigenvalue weighted by atomic mass is 9.87. The minimum absolute atomic E-state index is 0.0348. The number of unbranched alkanes of at least 4 members (excludes halogenated alkanes) is 12. The van der Waals surface area contributed by atoms with E-state index in [-0.39, 0.29) is 25.2 Å². The second-order valence-electron chi connectivity index (χ2n) is 15.0. The molecule has 0 saturated carbocycles. The second kappa shape index (κ2) is 33.3. The molecule has 0 bridgehead atoms. The number of hydrogen-bond acceptors (Lipinski definition) is 13.